The molecule has 0 atom stereocenters. The Morgan fingerprint density at radius 1 is 1.04 bits per heavy atom. The lowest BCUT2D eigenvalue weighted by molar-refractivity contribution is -0.138. The summed E-state index contributed by atoms with van der Waals surface area (Å²) in [6, 6.07) is 1.31. The third-order valence-corrected chi connectivity index (χ3v) is 7.20. The van der Waals surface area contributed by atoms with Gasteiger partial charge < -0.3 is 20.4 Å². The van der Waals surface area contributed by atoms with Crippen LogP contribution in [0.1, 0.15) is 70.6 Å². The van der Waals surface area contributed by atoms with Crippen LogP contribution >= 0.6 is 0 Å². The number of hydrogen-bond acceptors (Lipinski definition) is 3. The van der Waals surface area contributed by atoms with Gasteiger partial charge in [-0.25, -0.2) is 0 Å². The summed E-state index contributed by atoms with van der Waals surface area (Å²) in [4.78, 5) is 21.7. The van der Waals surface area contributed by atoms with Crippen LogP contribution in [0.3, 0.4) is 0 Å². The first-order valence-corrected chi connectivity index (χ1v) is 11.5. The zero-order chi connectivity index (χ0) is 20.0. The van der Waals surface area contributed by atoms with Crippen LogP contribution in [-0.2, 0) is 4.79 Å². The van der Waals surface area contributed by atoms with Gasteiger partial charge in [-0.1, -0.05) is 32.1 Å². The average Bonchev–Trinajstić information content (AvgIpc) is 3.21. The molecule has 0 aromatic carbocycles. The number of nitrogens with one attached hydrogen (secondary N) is 2. The van der Waals surface area contributed by atoms with Crippen molar-refractivity contribution in [3.05, 3.63) is 0 Å². The lowest BCUT2D eigenvalue weighted by Crippen LogP contribution is -2.53. The zero-order valence-electron chi connectivity index (χ0n) is 18.3. The molecule has 6 nitrogen and oxygen atoms in total. The smallest absolute Gasteiger partial charge is 0.230 e. The van der Waals surface area contributed by atoms with Gasteiger partial charge in [0.2, 0.25) is 5.91 Å². The van der Waals surface area contributed by atoms with E-state index >= 15 is 0 Å². The first kappa shape index (κ1) is 21.4. The molecule has 160 valence electrons. The van der Waals surface area contributed by atoms with Gasteiger partial charge in [0, 0.05) is 52.9 Å². The maximum absolute atomic E-state index is 12.8. The Balaban J connectivity index is 1.46. The summed E-state index contributed by atoms with van der Waals surface area (Å²) in [5.74, 6) is 1.11. The molecule has 0 spiro atoms. The van der Waals surface area contributed by atoms with E-state index in [4.69, 9.17) is 0 Å². The summed E-state index contributed by atoms with van der Waals surface area (Å²) in [6.45, 7) is 3.08. The monoisotopic (exact) mass is 391 g/mol. The molecule has 1 aliphatic heterocycles. The van der Waals surface area contributed by atoms with Crippen molar-refractivity contribution in [3.63, 3.8) is 0 Å². The first-order valence-electron chi connectivity index (χ1n) is 11.5. The van der Waals surface area contributed by atoms with Crippen LogP contribution in [0.2, 0.25) is 0 Å². The first-order chi connectivity index (χ1) is 13.5. The Morgan fingerprint density at radius 2 is 1.68 bits per heavy atom. The molecule has 28 heavy (non-hydrogen) atoms. The van der Waals surface area contributed by atoms with Crippen LogP contribution < -0.4 is 10.6 Å². The second-order valence-electron chi connectivity index (χ2n) is 9.36. The Kier molecular flexibility index (Phi) is 7.61. The maximum Gasteiger partial charge on any atom is 0.230 e. The fourth-order valence-corrected chi connectivity index (χ4v) is 5.49. The molecule has 0 aromatic rings. The van der Waals surface area contributed by atoms with Crippen molar-refractivity contribution in [2.24, 2.45) is 10.4 Å². The standard InChI is InChI=1S/C22H41N5O/c1-23-21(24-17-22(13-7-8-14-22)20(28)26(2)3)25-18-11-15-27(16-12-18)19-9-5-4-6-10-19/h18-19H,4-17H2,1-3H3,(H2,23,24,25). The molecule has 3 fully saturated rings. The van der Waals surface area contributed by atoms with Crippen LogP contribution in [0.25, 0.3) is 0 Å². The number of guanidine groups is 1. The molecular formula is C22H41N5O. The molecular weight excluding hydrogens is 350 g/mol. The molecule has 1 saturated heterocycles. The van der Waals surface area contributed by atoms with Gasteiger partial charge in [-0.2, -0.15) is 0 Å². The highest BCUT2D eigenvalue weighted by Gasteiger charge is 2.42. The summed E-state index contributed by atoms with van der Waals surface area (Å²) in [5.41, 5.74) is -0.258. The fourth-order valence-electron chi connectivity index (χ4n) is 5.49. The number of rotatable bonds is 5. The second kappa shape index (κ2) is 9.95. The van der Waals surface area contributed by atoms with Gasteiger partial charge in [0.25, 0.3) is 0 Å². The average molecular weight is 392 g/mol. The number of aliphatic imine (C=N–C) groups is 1. The van der Waals surface area contributed by atoms with Crippen LogP contribution in [0.5, 0.6) is 0 Å². The van der Waals surface area contributed by atoms with E-state index in [1.165, 1.54) is 58.0 Å². The molecule has 3 aliphatic rings. The number of likely N-dealkylation sites (tertiary alicyclic amines) is 1. The minimum absolute atomic E-state index is 0.258. The van der Waals surface area contributed by atoms with Crippen LogP contribution in [0.15, 0.2) is 4.99 Å². The van der Waals surface area contributed by atoms with Gasteiger partial charge in [0.05, 0.1) is 5.41 Å². The highest BCUT2D eigenvalue weighted by molar-refractivity contribution is 5.85. The van der Waals surface area contributed by atoms with Crippen molar-refractivity contribution in [1.29, 1.82) is 0 Å². The summed E-state index contributed by atoms with van der Waals surface area (Å²) in [5, 5.41) is 7.11. The van der Waals surface area contributed by atoms with Crippen molar-refractivity contribution < 1.29 is 4.79 Å². The van der Waals surface area contributed by atoms with Gasteiger partial charge in [-0.15, -0.1) is 0 Å². The molecule has 2 N–H and O–H groups in total. The zero-order valence-corrected chi connectivity index (χ0v) is 18.3. The Hall–Kier alpha value is -1.30. The fraction of sp³-hybridized carbons (Fsp3) is 0.909. The predicted octanol–water partition coefficient (Wildman–Crippen LogP) is 2.60. The summed E-state index contributed by atoms with van der Waals surface area (Å²) in [6.07, 6.45) is 13.6. The number of carbonyl (C=O) groups excluding carboxylic acids is 1. The van der Waals surface area contributed by atoms with Gasteiger partial charge in [-0.05, 0) is 38.5 Å². The number of carbonyl (C=O) groups is 1. The van der Waals surface area contributed by atoms with Crippen molar-refractivity contribution in [2.45, 2.75) is 82.7 Å². The molecule has 2 saturated carbocycles. The molecule has 0 aromatic heterocycles. The maximum atomic E-state index is 12.8. The van der Waals surface area contributed by atoms with Gasteiger partial charge in [0.15, 0.2) is 5.96 Å². The van der Waals surface area contributed by atoms with Gasteiger partial charge in [-0.3, -0.25) is 9.79 Å². The summed E-state index contributed by atoms with van der Waals surface area (Å²) < 4.78 is 0. The Morgan fingerprint density at radius 3 is 2.25 bits per heavy atom. The van der Waals surface area contributed by atoms with Gasteiger partial charge in [0.1, 0.15) is 0 Å². The van der Waals surface area contributed by atoms with E-state index in [1.54, 1.807) is 4.90 Å². The SMILES string of the molecule is CN=C(NCC1(C(=O)N(C)C)CCCC1)NC1CCN(C2CCCCC2)CC1. The minimum Gasteiger partial charge on any atom is -0.355 e. The highest BCUT2D eigenvalue weighted by atomic mass is 16.2. The second-order valence-corrected chi connectivity index (χ2v) is 9.36. The van der Waals surface area contributed by atoms with Crippen molar-refractivity contribution in [3.8, 4) is 0 Å². The molecule has 3 rings (SSSR count). The van der Waals surface area contributed by atoms with E-state index in [1.807, 2.05) is 21.1 Å². The number of hydrogen-bond donors (Lipinski definition) is 2. The number of piperidine rings is 1. The van der Waals surface area contributed by atoms with E-state index in [0.29, 0.717) is 12.6 Å². The van der Waals surface area contributed by atoms with E-state index in [2.05, 4.69) is 20.5 Å². The molecule has 0 bridgehead atoms. The Bertz CT molecular complexity index is 527. The van der Waals surface area contributed by atoms with Crippen molar-refractivity contribution >= 4 is 11.9 Å². The van der Waals surface area contributed by atoms with Crippen LogP contribution in [0.4, 0.5) is 0 Å². The number of nitrogens with zero attached hydrogens (tertiary/aromatic N) is 3. The quantitative estimate of drug-likeness (QED) is 0.559. The molecule has 1 amide bonds. The third kappa shape index (κ3) is 5.19. The lowest BCUT2D eigenvalue weighted by Gasteiger charge is -2.40. The summed E-state index contributed by atoms with van der Waals surface area (Å²) >= 11 is 0. The molecule has 0 unspecified atom stereocenters. The van der Waals surface area contributed by atoms with E-state index < -0.39 is 0 Å². The van der Waals surface area contributed by atoms with E-state index in [0.717, 1.165) is 37.7 Å². The molecule has 1 heterocycles. The van der Waals surface area contributed by atoms with Gasteiger partial charge >= 0.3 is 0 Å². The van der Waals surface area contributed by atoms with Crippen molar-refractivity contribution in [2.75, 3.05) is 40.8 Å². The molecule has 0 radical (unpaired) electrons. The largest absolute Gasteiger partial charge is 0.355 e. The lowest BCUT2D eigenvalue weighted by atomic mass is 9.84. The molecule has 6 heteroatoms. The van der Waals surface area contributed by atoms with E-state index in [-0.39, 0.29) is 11.3 Å². The van der Waals surface area contributed by atoms with Crippen LogP contribution in [-0.4, -0.2) is 74.5 Å². The van der Waals surface area contributed by atoms with Crippen LogP contribution in [0, 0.1) is 5.41 Å². The van der Waals surface area contributed by atoms with E-state index in [9.17, 15) is 4.79 Å². The third-order valence-electron chi connectivity index (χ3n) is 7.20. The molecule has 2 aliphatic carbocycles. The normalized spacial score (nSPS) is 24.9. The Labute approximate surface area is 171 Å². The topological polar surface area (TPSA) is 60.0 Å². The minimum atomic E-state index is -0.258. The van der Waals surface area contributed by atoms with Crippen molar-refractivity contribution in [1.82, 2.24) is 20.4 Å². The predicted molar refractivity (Wildman–Crippen MR) is 116 cm³/mol. The highest BCUT2D eigenvalue weighted by Crippen LogP contribution is 2.38. The summed E-state index contributed by atoms with van der Waals surface area (Å²) in [7, 11) is 5.58. The number of amides is 1.